The Morgan fingerprint density at radius 2 is 2.33 bits per heavy atom. The Morgan fingerprint density at radius 3 is 3.05 bits per heavy atom. The smallest absolute Gasteiger partial charge is 0.355 e. The van der Waals surface area contributed by atoms with E-state index in [4.69, 9.17) is 4.74 Å². The second kappa shape index (κ2) is 6.19. The number of nitrogens with zero attached hydrogens (tertiary/aromatic N) is 2. The van der Waals surface area contributed by atoms with Gasteiger partial charge in [-0.15, -0.1) is 11.3 Å². The molecule has 0 bridgehead atoms. The standard InChI is InChI=1S/C14H10BrN3O2S/c15-9-5-12(17-6-9)14(19)20-7-10-8-21-13(18-10)11-3-1-2-4-16-11/h1-6,8,17H,7H2. The average Bonchev–Trinajstić information content (AvgIpc) is 3.15. The fourth-order valence-electron chi connectivity index (χ4n) is 1.68. The number of carbonyl (C=O) groups excluding carboxylic acids is 1. The monoisotopic (exact) mass is 363 g/mol. The van der Waals surface area contributed by atoms with Crippen LogP contribution >= 0.6 is 27.3 Å². The molecule has 0 radical (unpaired) electrons. The van der Waals surface area contributed by atoms with E-state index in [0.717, 1.165) is 15.2 Å². The van der Waals surface area contributed by atoms with Crippen LogP contribution in [0.2, 0.25) is 0 Å². The lowest BCUT2D eigenvalue weighted by atomic mass is 10.4. The van der Waals surface area contributed by atoms with Crippen LogP contribution in [-0.4, -0.2) is 20.9 Å². The summed E-state index contributed by atoms with van der Waals surface area (Å²) in [5.74, 6) is -0.409. The number of hydrogen-bond donors (Lipinski definition) is 1. The van der Waals surface area contributed by atoms with Crippen LogP contribution in [0.4, 0.5) is 0 Å². The molecule has 3 aromatic heterocycles. The topological polar surface area (TPSA) is 67.9 Å². The number of aromatic amines is 1. The number of hydrogen-bond acceptors (Lipinski definition) is 5. The summed E-state index contributed by atoms with van der Waals surface area (Å²) in [5, 5.41) is 2.67. The summed E-state index contributed by atoms with van der Waals surface area (Å²) in [6.07, 6.45) is 3.40. The predicted molar refractivity (Wildman–Crippen MR) is 83.0 cm³/mol. The van der Waals surface area contributed by atoms with Crippen molar-refractivity contribution < 1.29 is 9.53 Å². The number of pyridine rings is 1. The predicted octanol–water partition coefficient (Wildman–Crippen LogP) is 3.65. The summed E-state index contributed by atoms with van der Waals surface area (Å²) < 4.78 is 6.02. The number of rotatable bonds is 4. The third kappa shape index (κ3) is 3.37. The SMILES string of the molecule is O=C(OCc1csc(-c2ccccn2)n1)c1cc(Br)c[nH]1. The second-order valence-electron chi connectivity index (χ2n) is 4.17. The highest BCUT2D eigenvalue weighted by atomic mass is 79.9. The van der Waals surface area contributed by atoms with Gasteiger partial charge in [0, 0.05) is 22.2 Å². The Morgan fingerprint density at radius 1 is 1.43 bits per heavy atom. The minimum absolute atomic E-state index is 0.138. The van der Waals surface area contributed by atoms with Gasteiger partial charge in [0.1, 0.15) is 17.3 Å². The van der Waals surface area contributed by atoms with E-state index in [1.54, 1.807) is 18.5 Å². The molecule has 1 N–H and O–H groups in total. The number of ether oxygens (including phenoxy) is 1. The van der Waals surface area contributed by atoms with E-state index >= 15 is 0 Å². The van der Waals surface area contributed by atoms with Crippen LogP contribution < -0.4 is 0 Å². The van der Waals surface area contributed by atoms with Gasteiger partial charge in [0.25, 0.3) is 0 Å². The lowest BCUT2D eigenvalue weighted by Gasteiger charge is -2.00. The molecule has 3 aromatic rings. The van der Waals surface area contributed by atoms with Crippen molar-refractivity contribution in [2.24, 2.45) is 0 Å². The van der Waals surface area contributed by atoms with Gasteiger partial charge in [-0.05, 0) is 34.1 Å². The third-order valence-corrected chi connectivity index (χ3v) is 4.03. The van der Waals surface area contributed by atoms with Crippen molar-refractivity contribution in [1.82, 2.24) is 15.0 Å². The van der Waals surface area contributed by atoms with Gasteiger partial charge in [-0.2, -0.15) is 0 Å². The van der Waals surface area contributed by atoms with Crippen molar-refractivity contribution in [1.29, 1.82) is 0 Å². The Hall–Kier alpha value is -1.99. The van der Waals surface area contributed by atoms with E-state index < -0.39 is 5.97 Å². The first kappa shape index (κ1) is 14.0. The number of H-pyrrole nitrogens is 1. The second-order valence-corrected chi connectivity index (χ2v) is 5.94. The van der Waals surface area contributed by atoms with Crippen LogP contribution in [0.1, 0.15) is 16.2 Å². The van der Waals surface area contributed by atoms with Crippen LogP contribution in [0.25, 0.3) is 10.7 Å². The van der Waals surface area contributed by atoms with Gasteiger partial charge >= 0.3 is 5.97 Å². The number of aromatic nitrogens is 3. The first-order valence-corrected chi connectivity index (χ1v) is 7.76. The summed E-state index contributed by atoms with van der Waals surface area (Å²) in [5.41, 5.74) is 1.93. The highest BCUT2D eigenvalue weighted by molar-refractivity contribution is 9.10. The van der Waals surface area contributed by atoms with Crippen LogP contribution in [0.5, 0.6) is 0 Å². The lowest BCUT2D eigenvalue weighted by molar-refractivity contribution is 0.0462. The molecule has 3 rings (SSSR count). The molecule has 7 heteroatoms. The highest BCUT2D eigenvalue weighted by Crippen LogP contribution is 2.22. The molecule has 106 valence electrons. The van der Waals surface area contributed by atoms with Crippen molar-refractivity contribution in [2.45, 2.75) is 6.61 Å². The zero-order chi connectivity index (χ0) is 14.7. The summed E-state index contributed by atoms with van der Waals surface area (Å²) in [6.45, 7) is 0.138. The van der Waals surface area contributed by atoms with Crippen LogP contribution in [0.3, 0.4) is 0 Å². The molecule has 0 unspecified atom stereocenters. The molecule has 0 aliphatic carbocycles. The van der Waals surface area contributed by atoms with Crippen molar-refractivity contribution >= 4 is 33.2 Å². The molecule has 0 atom stereocenters. The van der Waals surface area contributed by atoms with Crippen LogP contribution in [0, 0.1) is 0 Å². The van der Waals surface area contributed by atoms with E-state index in [9.17, 15) is 4.79 Å². The van der Waals surface area contributed by atoms with Crippen molar-refractivity contribution in [3.63, 3.8) is 0 Å². The summed E-state index contributed by atoms with van der Waals surface area (Å²) >= 11 is 4.74. The van der Waals surface area contributed by atoms with Gasteiger partial charge < -0.3 is 9.72 Å². The van der Waals surface area contributed by atoms with E-state index in [1.165, 1.54) is 11.3 Å². The maximum absolute atomic E-state index is 11.8. The summed E-state index contributed by atoms with van der Waals surface area (Å²) in [4.78, 5) is 23.3. The average molecular weight is 364 g/mol. The zero-order valence-corrected chi connectivity index (χ0v) is 13.1. The maximum Gasteiger partial charge on any atom is 0.355 e. The quantitative estimate of drug-likeness (QED) is 0.718. The molecule has 0 aromatic carbocycles. The van der Waals surface area contributed by atoms with Gasteiger partial charge in [0.2, 0.25) is 0 Å². The van der Waals surface area contributed by atoms with Crippen LogP contribution in [-0.2, 0) is 11.3 Å². The molecule has 0 aliphatic heterocycles. The number of esters is 1. The van der Waals surface area contributed by atoms with Crippen molar-refractivity contribution in [3.8, 4) is 10.7 Å². The molecule has 0 amide bonds. The number of nitrogens with one attached hydrogen (secondary N) is 1. The Labute approximate surface area is 133 Å². The molecule has 0 spiro atoms. The van der Waals surface area contributed by atoms with Gasteiger partial charge in [0.15, 0.2) is 0 Å². The van der Waals surface area contributed by atoms with Crippen molar-refractivity contribution in [2.75, 3.05) is 0 Å². The fourth-order valence-corrected chi connectivity index (χ4v) is 2.81. The first-order chi connectivity index (χ1) is 10.2. The molecule has 0 saturated carbocycles. The molecule has 0 aliphatic rings. The number of carbonyl (C=O) groups is 1. The molecule has 3 heterocycles. The summed E-state index contributed by atoms with van der Waals surface area (Å²) in [6, 6.07) is 7.33. The van der Waals surface area contributed by atoms with E-state index in [0.29, 0.717) is 11.4 Å². The zero-order valence-electron chi connectivity index (χ0n) is 10.7. The molecule has 21 heavy (non-hydrogen) atoms. The molecule has 0 fully saturated rings. The normalized spacial score (nSPS) is 10.5. The molecule has 0 saturated heterocycles. The first-order valence-electron chi connectivity index (χ1n) is 6.09. The van der Waals surface area contributed by atoms with E-state index in [1.807, 2.05) is 23.6 Å². The maximum atomic E-state index is 11.8. The van der Waals surface area contributed by atoms with E-state index in [2.05, 4.69) is 30.9 Å². The number of thiazole rings is 1. The fraction of sp³-hybridized carbons (Fsp3) is 0.0714. The Balaban J connectivity index is 1.64. The molecular weight excluding hydrogens is 354 g/mol. The minimum atomic E-state index is -0.409. The van der Waals surface area contributed by atoms with Gasteiger partial charge in [0.05, 0.1) is 11.4 Å². The van der Waals surface area contributed by atoms with Crippen LogP contribution in [0.15, 0.2) is 46.5 Å². The van der Waals surface area contributed by atoms with Gasteiger partial charge in [-0.25, -0.2) is 9.78 Å². The number of halogens is 1. The Kier molecular flexibility index (Phi) is 4.12. The lowest BCUT2D eigenvalue weighted by Crippen LogP contribution is -2.05. The highest BCUT2D eigenvalue weighted by Gasteiger charge is 2.11. The summed E-state index contributed by atoms with van der Waals surface area (Å²) in [7, 11) is 0. The Bertz CT molecular complexity index is 754. The van der Waals surface area contributed by atoms with Crippen molar-refractivity contribution in [3.05, 3.63) is 57.9 Å². The van der Waals surface area contributed by atoms with E-state index in [-0.39, 0.29) is 6.61 Å². The molecule has 5 nitrogen and oxygen atoms in total. The van der Waals surface area contributed by atoms with Gasteiger partial charge in [-0.1, -0.05) is 6.07 Å². The third-order valence-electron chi connectivity index (χ3n) is 2.65. The minimum Gasteiger partial charge on any atom is -0.454 e. The van der Waals surface area contributed by atoms with Gasteiger partial charge in [-0.3, -0.25) is 4.98 Å². The molecular formula is C14H10BrN3O2S. The largest absolute Gasteiger partial charge is 0.454 e.